The van der Waals surface area contributed by atoms with Crippen LogP contribution < -0.4 is 0 Å². The number of likely N-dealkylation sites (N-methyl/N-ethyl adjacent to an activating group) is 1. The Hall–Kier alpha value is -2.45. The number of hydrogen-bond acceptors (Lipinski definition) is 5. The lowest BCUT2D eigenvalue weighted by Crippen LogP contribution is -2.64. The number of carboxylic acid groups (broad SMARTS) is 1. The molecule has 1 aliphatic heterocycles. The van der Waals surface area contributed by atoms with Crippen molar-refractivity contribution < 1.29 is 19.5 Å². The maximum absolute atomic E-state index is 12.3. The maximum atomic E-state index is 12.3. The van der Waals surface area contributed by atoms with Crippen molar-refractivity contribution in [3.8, 4) is 0 Å². The van der Waals surface area contributed by atoms with Crippen molar-refractivity contribution in [2.75, 3.05) is 20.1 Å². The first-order valence-corrected chi connectivity index (χ1v) is 6.43. The van der Waals surface area contributed by atoms with E-state index in [0.29, 0.717) is 13.1 Å². The van der Waals surface area contributed by atoms with Gasteiger partial charge in [-0.1, -0.05) is 5.21 Å². The standard InChI is InChI=1S/C12H17N5O4/c1-12(2)11(21)15(3)4-5-17(12)9(18)7-16-6-8(10(19)20)13-14-16/h6H,4-5,7H2,1-3H3,(H,19,20). The van der Waals surface area contributed by atoms with Gasteiger partial charge in [-0.2, -0.15) is 0 Å². The summed E-state index contributed by atoms with van der Waals surface area (Å²) < 4.78 is 1.16. The third-order valence-electron chi connectivity index (χ3n) is 3.56. The van der Waals surface area contributed by atoms with E-state index in [0.717, 1.165) is 4.68 Å². The van der Waals surface area contributed by atoms with Crippen LogP contribution in [0.5, 0.6) is 0 Å². The van der Waals surface area contributed by atoms with Crippen LogP contribution in [0, 0.1) is 0 Å². The summed E-state index contributed by atoms with van der Waals surface area (Å²) in [6.45, 7) is 4.11. The van der Waals surface area contributed by atoms with Crippen LogP contribution in [0.4, 0.5) is 0 Å². The van der Waals surface area contributed by atoms with Gasteiger partial charge in [0.2, 0.25) is 11.8 Å². The molecule has 2 heterocycles. The number of aromatic nitrogens is 3. The van der Waals surface area contributed by atoms with E-state index in [-0.39, 0.29) is 24.1 Å². The number of nitrogens with zero attached hydrogens (tertiary/aromatic N) is 5. The van der Waals surface area contributed by atoms with Crippen molar-refractivity contribution in [3.63, 3.8) is 0 Å². The molecule has 1 aromatic rings. The number of carbonyl (C=O) groups excluding carboxylic acids is 2. The molecule has 2 amide bonds. The van der Waals surface area contributed by atoms with Gasteiger partial charge in [0.1, 0.15) is 12.1 Å². The van der Waals surface area contributed by atoms with Crippen molar-refractivity contribution >= 4 is 17.8 Å². The van der Waals surface area contributed by atoms with Crippen molar-refractivity contribution in [2.45, 2.75) is 25.9 Å². The number of piperazine rings is 1. The summed E-state index contributed by atoms with van der Waals surface area (Å²) in [6, 6.07) is 0. The first-order valence-electron chi connectivity index (χ1n) is 6.43. The van der Waals surface area contributed by atoms with E-state index in [2.05, 4.69) is 10.3 Å². The van der Waals surface area contributed by atoms with Gasteiger partial charge in [-0.25, -0.2) is 9.48 Å². The van der Waals surface area contributed by atoms with Crippen LogP contribution in [0.15, 0.2) is 6.20 Å². The van der Waals surface area contributed by atoms with Gasteiger partial charge < -0.3 is 14.9 Å². The number of carbonyl (C=O) groups is 3. The highest BCUT2D eigenvalue weighted by Crippen LogP contribution is 2.22. The molecule has 1 saturated heterocycles. The normalized spacial score (nSPS) is 18.0. The summed E-state index contributed by atoms with van der Waals surface area (Å²) >= 11 is 0. The Bertz CT molecular complexity index is 594. The van der Waals surface area contributed by atoms with Crippen LogP contribution in [-0.2, 0) is 16.1 Å². The zero-order valence-electron chi connectivity index (χ0n) is 12.1. The highest BCUT2D eigenvalue weighted by molar-refractivity contribution is 5.91. The summed E-state index contributed by atoms with van der Waals surface area (Å²) in [5, 5.41) is 15.8. The fraction of sp³-hybridized carbons (Fsp3) is 0.583. The Balaban J connectivity index is 2.12. The van der Waals surface area contributed by atoms with Crippen molar-refractivity contribution in [1.29, 1.82) is 0 Å². The van der Waals surface area contributed by atoms with Gasteiger partial charge in [0.25, 0.3) is 0 Å². The summed E-state index contributed by atoms with van der Waals surface area (Å²) in [7, 11) is 1.70. The SMILES string of the molecule is CN1CCN(C(=O)Cn2cc(C(=O)O)nn2)C(C)(C)C1=O. The van der Waals surface area contributed by atoms with Crippen LogP contribution in [-0.4, -0.2) is 73.4 Å². The second kappa shape index (κ2) is 5.15. The molecule has 1 N–H and O–H groups in total. The third-order valence-corrected chi connectivity index (χ3v) is 3.56. The van der Waals surface area contributed by atoms with Crippen molar-refractivity contribution in [1.82, 2.24) is 24.8 Å². The first kappa shape index (κ1) is 14.9. The minimum atomic E-state index is -1.20. The Kier molecular flexibility index (Phi) is 3.67. The molecular weight excluding hydrogens is 278 g/mol. The molecule has 0 aliphatic carbocycles. The van der Waals surface area contributed by atoms with Gasteiger partial charge in [-0.3, -0.25) is 9.59 Å². The van der Waals surface area contributed by atoms with E-state index >= 15 is 0 Å². The molecule has 0 atom stereocenters. The smallest absolute Gasteiger partial charge is 0.358 e. The molecule has 9 heteroatoms. The maximum Gasteiger partial charge on any atom is 0.358 e. The predicted octanol–water partition coefficient (Wildman–Crippen LogP) is -0.944. The Labute approximate surface area is 121 Å². The topological polar surface area (TPSA) is 109 Å². The molecule has 21 heavy (non-hydrogen) atoms. The molecular formula is C12H17N5O4. The van der Waals surface area contributed by atoms with Crippen LogP contribution >= 0.6 is 0 Å². The van der Waals surface area contributed by atoms with Crippen LogP contribution in [0.3, 0.4) is 0 Å². The summed E-state index contributed by atoms with van der Waals surface area (Å²) in [4.78, 5) is 38.3. The van der Waals surface area contributed by atoms with Gasteiger partial charge in [-0.15, -0.1) is 5.10 Å². The predicted molar refractivity (Wildman–Crippen MR) is 70.4 cm³/mol. The zero-order chi connectivity index (χ0) is 15.8. The van der Waals surface area contributed by atoms with Gasteiger partial charge in [-0.05, 0) is 13.8 Å². The lowest BCUT2D eigenvalue weighted by atomic mass is 9.97. The van der Waals surface area contributed by atoms with Crippen molar-refractivity contribution in [2.24, 2.45) is 0 Å². The van der Waals surface area contributed by atoms with Gasteiger partial charge >= 0.3 is 5.97 Å². The highest BCUT2D eigenvalue weighted by atomic mass is 16.4. The average Bonchev–Trinajstić information content (AvgIpc) is 2.84. The second-order valence-corrected chi connectivity index (χ2v) is 5.44. The molecule has 0 unspecified atom stereocenters. The third kappa shape index (κ3) is 2.71. The summed E-state index contributed by atoms with van der Waals surface area (Å²) in [5.41, 5.74) is -1.16. The number of rotatable bonds is 3. The fourth-order valence-electron chi connectivity index (χ4n) is 2.35. The van der Waals surface area contributed by atoms with E-state index in [1.165, 1.54) is 11.1 Å². The molecule has 114 valence electrons. The highest BCUT2D eigenvalue weighted by Gasteiger charge is 2.42. The molecule has 0 radical (unpaired) electrons. The van der Waals surface area contributed by atoms with Crippen LogP contribution in [0.1, 0.15) is 24.3 Å². The molecule has 1 aliphatic rings. The number of carboxylic acids is 1. The second-order valence-electron chi connectivity index (χ2n) is 5.44. The van der Waals surface area contributed by atoms with E-state index in [9.17, 15) is 14.4 Å². The summed E-state index contributed by atoms with van der Waals surface area (Å²) in [5.74, 6) is -1.64. The lowest BCUT2D eigenvalue weighted by molar-refractivity contribution is -0.157. The number of amides is 2. The Morgan fingerprint density at radius 2 is 2.05 bits per heavy atom. The molecule has 0 bridgehead atoms. The van der Waals surface area contributed by atoms with E-state index in [4.69, 9.17) is 5.11 Å². The molecule has 0 aromatic carbocycles. The fourth-order valence-corrected chi connectivity index (χ4v) is 2.35. The molecule has 1 aromatic heterocycles. The molecule has 0 spiro atoms. The average molecular weight is 295 g/mol. The van der Waals surface area contributed by atoms with Gasteiger partial charge in [0.05, 0.1) is 6.20 Å². The first-order chi connectivity index (χ1) is 9.73. The Morgan fingerprint density at radius 3 is 2.62 bits per heavy atom. The summed E-state index contributed by atoms with van der Waals surface area (Å²) in [6.07, 6.45) is 1.19. The largest absolute Gasteiger partial charge is 0.476 e. The Morgan fingerprint density at radius 1 is 1.38 bits per heavy atom. The lowest BCUT2D eigenvalue weighted by Gasteiger charge is -2.44. The molecule has 1 fully saturated rings. The quantitative estimate of drug-likeness (QED) is 0.770. The minimum absolute atomic E-state index is 0.132. The molecule has 2 rings (SSSR count). The van der Waals surface area contributed by atoms with Crippen LogP contribution in [0.25, 0.3) is 0 Å². The molecule has 0 saturated carbocycles. The van der Waals surface area contributed by atoms with Gasteiger partial charge in [0.15, 0.2) is 5.69 Å². The number of hydrogen-bond donors (Lipinski definition) is 1. The molecule has 9 nitrogen and oxygen atoms in total. The van der Waals surface area contributed by atoms with Crippen LogP contribution in [0.2, 0.25) is 0 Å². The van der Waals surface area contributed by atoms with E-state index in [1.807, 2.05) is 0 Å². The van der Waals surface area contributed by atoms with Crippen molar-refractivity contribution in [3.05, 3.63) is 11.9 Å². The van der Waals surface area contributed by atoms with E-state index in [1.54, 1.807) is 25.8 Å². The van der Waals surface area contributed by atoms with E-state index < -0.39 is 11.5 Å². The number of aromatic carboxylic acids is 1. The minimum Gasteiger partial charge on any atom is -0.476 e. The zero-order valence-corrected chi connectivity index (χ0v) is 12.1. The monoisotopic (exact) mass is 295 g/mol. The van der Waals surface area contributed by atoms with Gasteiger partial charge in [0, 0.05) is 20.1 Å².